The maximum atomic E-state index is 13.0. The van der Waals surface area contributed by atoms with Crippen molar-refractivity contribution in [2.45, 2.75) is 6.92 Å². The van der Waals surface area contributed by atoms with Crippen LogP contribution in [0.5, 0.6) is 0 Å². The van der Waals surface area contributed by atoms with Crippen molar-refractivity contribution in [2.75, 3.05) is 0 Å². The highest BCUT2D eigenvalue weighted by Gasteiger charge is 2.02. The molecule has 2 rings (SSSR count). The van der Waals surface area contributed by atoms with Crippen LogP contribution in [0.25, 0.3) is 11.1 Å². The van der Waals surface area contributed by atoms with Crippen molar-refractivity contribution in [3.63, 3.8) is 0 Å². The highest BCUT2D eigenvalue weighted by molar-refractivity contribution is 5.81. The van der Waals surface area contributed by atoms with Crippen LogP contribution in [0.15, 0.2) is 42.5 Å². The summed E-state index contributed by atoms with van der Waals surface area (Å²) >= 11 is 0. The van der Waals surface area contributed by atoms with E-state index in [4.69, 9.17) is 0 Å². The van der Waals surface area contributed by atoms with Gasteiger partial charge in [-0.2, -0.15) is 0 Å². The van der Waals surface area contributed by atoms with E-state index >= 15 is 0 Å². The van der Waals surface area contributed by atoms with Gasteiger partial charge in [-0.15, -0.1) is 0 Å². The van der Waals surface area contributed by atoms with E-state index in [-0.39, 0.29) is 5.82 Å². The molecule has 0 N–H and O–H groups in total. The fraction of sp³-hybridized carbons (Fsp3) is 0.0714. The molecule has 2 aromatic carbocycles. The molecule has 80 valence electrons. The lowest BCUT2D eigenvalue weighted by Crippen LogP contribution is -1.88. The van der Waals surface area contributed by atoms with Crippen LogP contribution in [-0.4, -0.2) is 6.29 Å². The van der Waals surface area contributed by atoms with Crippen molar-refractivity contribution in [3.05, 3.63) is 59.4 Å². The molecule has 0 radical (unpaired) electrons. The Kier molecular flexibility index (Phi) is 2.82. The van der Waals surface area contributed by atoms with Crippen LogP contribution < -0.4 is 0 Å². The van der Waals surface area contributed by atoms with Crippen molar-refractivity contribution < 1.29 is 9.18 Å². The van der Waals surface area contributed by atoms with E-state index in [1.165, 1.54) is 12.1 Å². The minimum absolute atomic E-state index is 0.272. The minimum Gasteiger partial charge on any atom is -0.298 e. The third-order valence-electron chi connectivity index (χ3n) is 2.56. The number of aryl methyl sites for hydroxylation is 1. The zero-order chi connectivity index (χ0) is 11.5. The van der Waals surface area contributed by atoms with Gasteiger partial charge in [0.15, 0.2) is 0 Å². The van der Waals surface area contributed by atoms with Crippen LogP contribution in [0.2, 0.25) is 0 Å². The number of halogens is 1. The summed E-state index contributed by atoms with van der Waals surface area (Å²) in [7, 11) is 0. The third kappa shape index (κ3) is 2.01. The maximum Gasteiger partial charge on any atom is 0.150 e. The van der Waals surface area contributed by atoms with E-state index in [0.717, 1.165) is 23.0 Å². The Hall–Kier alpha value is -1.96. The number of rotatable bonds is 2. The topological polar surface area (TPSA) is 17.1 Å². The standard InChI is InChI=1S/C14H11FO/c1-10-5-6-12(7-13(10)9-16)11-3-2-4-14(15)8-11/h2-9H,1H3. The first kappa shape index (κ1) is 10.6. The second kappa shape index (κ2) is 4.27. The molecule has 0 aliphatic carbocycles. The maximum absolute atomic E-state index is 13.0. The molecule has 0 heterocycles. The molecule has 0 fully saturated rings. The van der Waals surface area contributed by atoms with E-state index in [1.807, 2.05) is 25.1 Å². The predicted molar refractivity (Wildman–Crippen MR) is 62.0 cm³/mol. The summed E-state index contributed by atoms with van der Waals surface area (Å²) in [5.41, 5.74) is 3.20. The molecule has 0 aliphatic rings. The molecule has 0 unspecified atom stereocenters. The van der Waals surface area contributed by atoms with Gasteiger partial charge < -0.3 is 0 Å². The van der Waals surface area contributed by atoms with Crippen LogP contribution in [0.3, 0.4) is 0 Å². The van der Waals surface area contributed by atoms with Crippen molar-refractivity contribution in [2.24, 2.45) is 0 Å². The summed E-state index contributed by atoms with van der Waals surface area (Å²) < 4.78 is 13.0. The molecule has 1 nitrogen and oxygen atoms in total. The van der Waals surface area contributed by atoms with Crippen molar-refractivity contribution >= 4 is 6.29 Å². The smallest absolute Gasteiger partial charge is 0.150 e. The first-order valence-electron chi connectivity index (χ1n) is 5.02. The van der Waals surface area contributed by atoms with Gasteiger partial charge >= 0.3 is 0 Å². The second-order valence-electron chi connectivity index (χ2n) is 3.70. The lowest BCUT2D eigenvalue weighted by atomic mass is 10.0. The molecule has 0 amide bonds. The SMILES string of the molecule is Cc1ccc(-c2cccc(F)c2)cc1C=O. The molecule has 0 saturated carbocycles. The quantitative estimate of drug-likeness (QED) is 0.698. The van der Waals surface area contributed by atoms with Gasteiger partial charge in [-0.3, -0.25) is 4.79 Å². The first-order chi connectivity index (χ1) is 7.70. The second-order valence-corrected chi connectivity index (χ2v) is 3.70. The highest BCUT2D eigenvalue weighted by Crippen LogP contribution is 2.22. The fourth-order valence-corrected chi connectivity index (χ4v) is 1.62. The zero-order valence-corrected chi connectivity index (χ0v) is 8.91. The Bertz CT molecular complexity index is 532. The summed E-state index contributed by atoms with van der Waals surface area (Å²) in [4.78, 5) is 10.8. The summed E-state index contributed by atoms with van der Waals surface area (Å²) in [6, 6.07) is 11.9. The van der Waals surface area contributed by atoms with Crippen LogP contribution in [0.4, 0.5) is 4.39 Å². The van der Waals surface area contributed by atoms with Crippen LogP contribution in [0.1, 0.15) is 15.9 Å². The van der Waals surface area contributed by atoms with Crippen molar-refractivity contribution in [3.8, 4) is 11.1 Å². The van der Waals surface area contributed by atoms with Crippen LogP contribution in [-0.2, 0) is 0 Å². The zero-order valence-electron chi connectivity index (χ0n) is 8.91. The van der Waals surface area contributed by atoms with E-state index in [9.17, 15) is 9.18 Å². The Morgan fingerprint density at radius 1 is 1.06 bits per heavy atom. The van der Waals surface area contributed by atoms with Gasteiger partial charge in [0.25, 0.3) is 0 Å². The van der Waals surface area contributed by atoms with Crippen molar-refractivity contribution in [1.29, 1.82) is 0 Å². The molecule has 0 aliphatic heterocycles. The van der Waals surface area contributed by atoms with Gasteiger partial charge in [0.05, 0.1) is 0 Å². The van der Waals surface area contributed by atoms with Gasteiger partial charge in [0, 0.05) is 5.56 Å². The monoisotopic (exact) mass is 214 g/mol. The average molecular weight is 214 g/mol. The van der Waals surface area contributed by atoms with Gasteiger partial charge in [-0.05, 0) is 41.8 Å². The molecule has 16 heavy (non-hydrogen) atoms. The number of hydrogen-bond donors (Lipinski definition) is 0. The number of benzene rings is 2. The molecule has 0 bridgehead atoms. The highest BCUT2D eigenvalue weighted by atomic mass is 19.1. The molecule has 2 heteroatoms. The third-order valence-corrected chi connectivity index (χ3v) is 2.56. The normalized spacial score (nSPS) is 10.1. The summed E-state index contributed by atoms with van der Waals surface area (Å²) in [5.74, 6) is -0.272. The Morgan fingerprint density at radius 3 is 2.50 bits per heavy atom. The Morgan fingerprint density at radius 2 is 1.81 bits per heavy atom. The van der Waals surface area contributed by atoms with E-state index in [0.29, 0.717) is 5.56 Å². The summed E-state index contributed by atoms with van der Waals surface area (Å²) in [5, 5.41) is 0. The predicted octanol–water partition coefficient (Wildman–Crippen LogP) is 3.61. The van der Waals surface area contributed by atoms with Crippen LogP contribution >= 0.6 is 0 Å². The molecule has 0 spiro atoms. The number of carbonyl (C=O) groups excluding carboxylic acids is 1. The van der Waals surface area contributed by atoms with Gasteiger partial charge in [-0.1, -0.05) is 24.3 Å². The molecule has 0 saturated heterocycles. The molecule has 2 aromatic rings. The summed E-state index contributed by atoms with van der Waals surface area (Å²) in [6.07, 6.45) is 0.818. The Labute approximate surface area is 93.5 Å². The molecule has 0 aromatic heterocycles. The molecular weight excluding hydrogens is 203 g/mol. The minimum atomic E-state index is -0.272. The number of aldehydes is 1. The van der Waals surface area contributed by atoms with Gasteiger partial charge in [-0.25, -0.2) is 4.39 Å². The van der Waals surface area contributed by atoms with E-state index < -0.39 is 0 Å². The fourth-order valence-electron chi connectivity index (χ4n) is 1.62. The largest absolute Gasteiger partial charge is 0.298 e. The molecular formula is C14H11FO. The lowest BCUT2D eigenvalue weighted by molar-refractivity contribution is 0.112. The molecule has 0 atom stereocenters. The van der Waals surface area contributed by atoms with Crippen LogP contribution in [0, 0.1) is 12.7 Å². The van der Waals surface area contributed by atoms with Gasteiger partial charge in [0.2, 0.25) is 0 Å². The number of carbonyl (C=O) groups is 1. The van der Waals surface area contributed by atoms with Crippen molar-refractivity contribution in [1.82, 2.24) is 0 Å². The number of hydrogen-bond acceptors (Lipinski definition) is 1. The van der Waals surface area contributed by atoms with Gasteiger partial charge in [0.1, 0.15) is 12.1 Å². The summed E-state index contributed by atoms with van der Waals surface area (Å²) in [6.45, 7) is 1.87. The Balaban J connectivity index is 2.52. The lowest BCUT2D eigenvalue weighted by Gasteiger charge is -2.04. The van der Waals surface area contributed by atoms with E-state index in [2.05, 4.69) is 0 Å². The average Bonchev–Trinajstić information content (AvgIpc) is 2.29. The van der Waals surface area contributed by atoms with E-state index in [1.54, 1.807) is 12.1 Å². The first-order valence-corrected chi connectivity index (χ1v) is 5.02.